The molecule has 0 saturated carbocycles. The van der Waals surface area contributed by atoms with Gasteiger partial charge in [0.2, 0.25) is 15.9 Å². The molecule has 8 nitrogen and oxygen atoms in total. The minimum atomic E-state index is -3.44. The average Bonchev–Trinajstić information content (AvgIpc) is 3.31. The molecule has 2 aromatic rings. The molecule has 168 valence electrons. The predicted octanol–water partition coefficient (Wildman–Crippen LogP) is 3.32. The lowest BCUT2D eigenvalue weighted by Crippen LogP contribution is -2.27. The largest absolute Gasteiger partial charge is 0.490 e. The summed E-state index contributed by atoms with van der Waals surface area (Å²) < 4.78 is 37.8. The summed E-state index contributed by atoms with van der Waals surface area (Å²) in [5.74, 6) is 0.967. The van der Waals surface area contributed by atoms with Crippen molar-refractivity contribution in [1.29, 1.82) is 0 Å². The lowest BCUT2D eigenvalue weighted by atomic mass is 10.2. The monoisotopic (exact) mass is 447 g/mol. The normalized spacial score (nSPS) is 14.3. The predicted molar refractivity (Wildman–Crippen MR) is 120 cm³/mol. The van der Waals surface area contributed by atoms with Gasteiger partial charge in [0.25, 0.3) is 0 Å². The lowest BCUT2D eigenvalue weighted by molar-refractivity contribution is -0.114. The first-order valence-corrected chi connectivity index (χ1v) is 11.9. The Morgan fingerprint density at radius 3 is 2.19 bits per heavy atom. The first-order chi connectivity index (χ1) is 14.9. The second kappa shape index (κ2) is 10.5. The minimum Gasteiger partial charge on any atom is -0.490 e. The SMILES string of the molecule is CCOc1ccc(NC(=O)CNc2ccc(S(=O)(=O)N3CCCC3)cc2)cc1OCC. The number of carbonyl (C=O) groups is 1. The number of benzene rings is 2. The number of ether oxygens (including phenoxy) is 2. The van der Waals surface area contributed by atoms with Gasteiger partial charge < -0.3 is 20.1 Å². The fourth-order valence-corrected chi connectivity index (χ4v) is 4.86. The summed E-state index contributed by atoms with van der Waals surface area (Å²) >= 11 is 0. The van der Waals surface area contributed by atoms with Crippen molar-refractivity contribution in [2.45, 2.75) is 31.6 Å². The Balaban J connectivity index is 1.56. The maximum atomic E-state index is 12.6. The van der Waals surface area contributed by atoms with E-state index < -0.39 is 10.0 Å². The number of carbonyl (C=O) groups excluding carboxylic acids is 1. The molecule has 1 fully saturated rings. The molecule has 1 aliphatic heterocycles. The van der Waals surface area contributed by atoms with Crippen LogP contribution < -0.4 is 20.1 Å². The van der Waals surface area contributed by atoms with Gasteiger partial charge in [0.1, 0.15) is 0 Å². The van der Waals surface area contributed by atoms with Gasteiger partial charge in [-0.15, -0.1) is 0 Å². The van der Waals surface area contributed by atoms with E-state index in [4.69, 9.17) is 9.47 Å². The molecule has 9 heteroatoms. The summed E-state index contributed by atoms with van der Waals surface area (Å²) in [6, 6.07) is 11.7. The van der Waals surface area contributed by atoms with Crippen molar-refractivity contribution in [2.75, 3.05) is 43.5 Å². The van der Waals surface area contributed by atoms with Crippen molar-refractivity contribution in [2.24, 2.45) is 0 Å². The molecule has 1 aliphatic rings. The molecule has 0 aliphatic carbocycles. The van der Waals surface area contributed by atoms with Crippen molar-refractivity contribution in [3.05, 3.63) is 42.5 Å². The van der Waals surface area contributed by atoms with Gasteiger partial charge in [-0.1, -0.05) is 0 Å². The Labute approximate surface area is 183 Å². The van der Waals surface area contributed by atoms with Gasteiger partial charge in [-0.2, -0.15) is 4.31 Å². The van der Waals surface area contributed by atoms with E-state index in [-0.39, 0.29) is 17.3 Å². The Hall–Kier alpha value is -2.78. The first-order valence-electron chi connectivity index (χ1n) is 10.5. The second-order valence-corrected chi connectivity index (χ2v) is 9.00. The van der Waals surface area contributed by atoms with E-state index in [9.17, 15) is 13.2 Å². The average molecular weight is 448 g/mol. The molecule has 31 heavy (non-hydrogen) atoms. The highest BCUT2D eigenvalue weighted by molar-refractivity contribution is 7.89. The number of nitrogens with zero attached hydrogens (tertiary/aromatic N) is 1. The number of amides is 1. The van der Waals surface area contributed by atoms with Gasteiger partial charge in [-0.3, -0.25) is 4.79 Å². The van der Waals surface area contributed by atoms with E-state index in [1.165, 1.54) is 4.31 Å². The zero-order chi connectivity index (χ0) is 22.3. The second-order valence-electron chi connectivity index (χ2n) is 7.06. The molecule has 0 bridgehead atoms. The van der Waals surface area contributed by atoms with Crippen LogP contribution in [0.15, 0.2) is 47.4 Å². The van der Waals surface area contributed by atoms with Crippen molar-refractivity contribution in [1.82, 2.24) is 4.31 Å². The molecule has 0 atom stereocenters. The summed E-state index contributed by atoms with van der Waals surface area (Å²) in [7, 11) is -3.44. The Bertz CT molecular complexity index is 987. The van der Waals surface area contributed by atoms with Gasteiger partial charge in [0, 0.05) is 30.5 Å². The van der Waals surface area contributed by atoms with Gasteiger partial charge >= 0.3 is 0 Å². The van der Waals surface area contributed by atoms with E-state index in [0.717, 1.165) is 12.8 Å². The molecule has 2 N–H and O–H groups in total. The van der Waals surface area contributed by atoms with Gasteiger partial charge in [-0.25, -0.2) is 8.42 Å². The molecule has 0 aromatic heterocycles. The molecule has 1 saturated heterocycles. The Morgan fingerprint density at radius 1 is 0.935 bits per heavy atom. The molecule has 0 radical (unpaired) electrons. The zero-order valence-electron chi connectivity index (χ0n) is 17.9. The molecular formula is C22H29N3O5S. The van der Waals surface area contributed by atoms with Crippen LogP contribution in [-0.2, 0) is 14.8 Å². The quantitative estimate of drug-likeness (QED) is 0.580. The number of sulfonamides is 1. The van der Waals surface area contributed by atoms with E-state index in [1.54, 1.807) is 42.5 Å². The van der Waals surface area contributed by atoms with E-state index in [1.807, 2.05) is 13.8 Å². The fraction of sp³-hybridized carbons (Fsp3) is 0.409. The van der Waals surface area contributed by atoms with Crippen molar-refractivity contribution in [3.63, 3.8) is 0 Å². The van der Waals surface area contributed by atoms with Crippen LogP contribution in [0.4, 0.5) is 11.4 Å². The van der Waals surface area contributed by atoms with Gasteiger partial charge in [0.15, 0.2) is 11.5 Å². The summed E-state index contributed by atoms with van der Waals surface area (Å²) in [6.07, 6.45) is 1.79. The highest BCUT2D eigenvalue weighted by Gasteiger charge is 2.26. The van der Waals surface area contributed by atoms with Gasteiger partial charge in [0.05, 0.1) is 24.7 Å². The number of anilines is 2. The van der Waals surface area contributed by atoms with Crippen LogP contribution in [0.5, 0.6) is 11.5 Å². The lowest BCUT2D eigenvalue weighted by Gasteiger charge is -2.16. The van der Waals surface area contributed by atoms with Crippen LogP contribution in [0, 0.1) is 0 Å². The van der Waals surface area contributed by atoms with E-state index >= 15 is 0 Å². The summed E-state index contributed by atoms with van der Waals surface area (Å²) in [6.45, 7) is 5.96. The Morgan fingerprint density at radius 2 is 1.55 bits per heavy atom. The van der Waals surface area contributed by atoms with Crippen LogP contribution in [-0.4, -0.2) is 51.5 Å². The van der Waals surface area contributed by atoms with Crippen LogP contribution in [0.3, 0.4) is 0 Å². The molecule has 1 amide bonds. The van der Waals surface area contributed by atoms with Crippen molar-refractivity contribution in [3.8, 4) is 11.5 Å². The third-order valence-corrected chi connectivity index (χ3v) is 6.75. The smallest absolute Gasteiger partial charge is 0.243 e. The number of hydrogen-bond donors (Lipinski definition) is 2. The summed E-state index contributed by atoms with van der Waals surface area (Å²) in [5, 5.41) is 5.82. The molecular weight excluding hydrogens is 418 g/mol. The number of hydrogen-bond acceptors (Lipinski definition) is 6. The first kappa shape index (κ1) is 22.9. The van der Waals surface area contributed by atoms with E-state index in [0.29, 0.717) is 49.2 Å². The number of nitrogens with one attached hydrogen (secondary N) is 2. The molecule has 1 heterocycles. The van der Waals surface area contributed by atoms with Crippen LogP contribution in [0.2, 0.25) is 0 Å². The van der Waals surface area contributed by atoms with Crippen LogP contribution in [0.25, 0.3) is 0 Å². The van der Waals surface area contributed by atoms with Crippen molar-refractivity contribution < 1.29 is 22.7 Å². The third-order valence-electron chi connectivity index (χ3n) is 4.84. The van der Waals surface area contributed by atoms with Gasteiger partial charge in [-0.05, 0) is 63.1 Å². The zero-order valence-corrected chi connectivity index (χ0v) is 18.7. The minimum absolute atomic E-state index is 0.0371. The maximum absolute atomic E-state index is 12.6. The van der Waals surface area contributed by atoms with Crippen LogP contribution in [0.1, 0.15) is 26.7 Å². The standard InChI is InChI=1S/C22H29N3O5S/c1-3-29-20-12-9-18(15-21(20)30-4-2)24-22(26)16-23-17-7-10-19(11-8-17)31(27,28)25-13-5-6-14-25/h7-12,15,23H,3-6,13-14,16H2,1-2H3,(H,24,26). The van der Waals surface area contributed by atoms with Crippen molar-refractivity contribution >= 4 is 27.3 Å². The maximum Gasteiger partial charge on any atom is 0.243 e. The third kappa shape index (κ3) is 5.89. The molecule has 3 rings (SSSR count). The summed E-state index contributed by atoms with van der Waals surface area (Å²) in [5.41, 5.74) is 1.27. The number of rotatable bonds is 10. The molecule has 0 unspecified atom stereocenters. The van der Waals surface area contributed by atoms with Crippen LogP contribution >= 0.6 is 0 Å². The molecule has 0 spiro atoms. The topological polar surface area (TPSA) is 97.0 Å². The fourth-order valence-electron chi connectivity index (χ4n) is 3.34. The Kier molecular flexibility index (Phi) is 7.75. The van der Waals surface area contributed by atoms with E-state index in [2.05, 4.69) is 10.6 Å². The molecule has 2 aromatic carbocycles. The summed E-state index contributed by atoms with van der Waals surface area (Å²) in [4.78, 5) is 12.6. The highest BCUT2D eigenvalue weighted by atomic mass is 32.2. The highest BCUT2D eigenvalue weighted by Crippen LogP contribution is 2.30.